The Morgan fingerprint density at radius 3 is 2.40 bits per heavy atom. The number of ether oxygens (including phenoxy) is 2. The third-order valence-electron chi connectivity index (χ3n) is 5.47. The van der Waals surface area contributed by atoms with E-state index in [4.69, 9.17) is 24.9 Å². The summed E-state index contributed by atoms with van der Waals surface area (Å²) < 4.78 is 36.5. The van der Waals surface area contributed by atoms with Gasteiger partial charge in [0.05, 0.1) is 30.9 Å². The van der Waals surface area contributed by atoms with Crippen molar-refractivity contribution in [1.82, 2.24) is 10.6 Å². The first kappa shape index (κ1) is 31.2. The summed E-state index contributed by atoms with van der Waals surface area (Å²) in [5, 5.41) is 6.11. The van der Waals surface area contributed by atoms with Crippen molar-refractivity contribution in [2.75, 3.05) is 13.7 Å². The number of carbonyl (C=O) groups is 2. The summed E-state index contributed by atoms with van der Waals surface area (Å²) in [6.45, 7) is 10.9. The van der Waals surface area contributed by atoms with Gasteiger partial charge < -0.3 is 29.2 Å². The molecule has 0 bridgehead atoms. The van der Waals surface area contributed by atoms with Crippen molar-refractivity contribution in [2.45, 2.75) is 110 Å². The second kappa shape index (κ2) is 14.6. The molecule has 2 amide bonds. The van der Waals surface area contributed by atoms with Crippen LogP contribution in [0.2, 0.25) is 0 Å². The van der Waals surface area contributed by atoms with E-state index in [1.165, 1.54) is 14.0 Å². The molecule has 2 N–H and O–H groups in total. The maximum absolute atomic E-state index is 13.7. The molecule has 9 nitrogen and oxygen atoms in total. The van der Waals surface area contributed by atoms with Crippen LogP contribution in [0.25, 0.3) is 0 Å². The third-order valence-corrected chi connectivity index (χ3v) is 7.51. The Bertz CT molecular complexity index is 812. The van der Waals surface area contributed by atoms with Crippen molar-refractivity contribution >= 4 is 19.6 Å². The van der Waals surface area contributed by atoms with Crippen LogP contribution in [-0.4, -0.2) is 55.6 Å². The lowest BCUT2D eigenvalue weighted by Crippen LogP contribution is -2.59. The van der Waals surface area contributed by atoms with Gasteiger partial charge in [0.2, 0.25) is 5.91 Å². The molecule has 1 aliphatic carbocycles. The maximum Gasteiger partial charge on any atom is 0.407 e. The smallest absolute Gasteiger partial charge is 0.407 e. The van der Waals surface area contributed by atoms with E-state index < -0.39 is 37.5 Å². The molecule has 0 radical (unpaired) electrons. The molecule has 1 unspecified atom stereocenters. The molecule has 0 saturated heterocycles. The average Bonchev–Trinajstić information content (AvgIpc) is 2.77. The summed E-state index contributed by atoms with van der Waals surface area (Å²) >= 11 is 0. The molecule has 1 rings (SSSR count). The van der Waals surface area contributed by atoms with Gasteiger partial charge in [-0.1, -0.05) is 13.8 Å². The molecule has 0 aromatic heterocycles. The summed E-state index contributed by atoms with van der Waals surface area (Å²) in [5.41, 5.74) is -0.713. The topological polar surface area (TPSA) is 112 Å². The normalized spacial score (nSPS) is 22.0. The van der Waals surface area contributed by atoms with Crippen molar-refractivity contribution in [3.63, 3.8) is 0 Å². The minimum absolute atomic E-state index is 0.0966. The van der Waals surface area contributed by atoms with E-state index in [2.05, 4.69) is 16.6 Å². The van der Waals surface area contributed by atoms with Crippen LogP contribution in [0, 0.1) is 12.3 Å². The molecule has 1 aliphatic rings. The average molecular weight is 515 g/mol. The van der Waals surface area contributed by atoms with Crippen LogP contribution in [0.1, 0.15) is 80.1 Å². The molecule has 0 spiro atoms. The maximum atomic E-state index is 13.7. The van der Waals surface area contributed by atoms with E-state index in [1.807, 2.05) is 13.8 Å². The Morgan fingerprint density at radius 1 is 1.23 bits per heavy atom. The van der Waals surface area contributed by atoms with Crippen LogP contribution in [-0.2, 0) is 27.9 Å². The quantitative estimate of drug-likeness (QED) is 0.204. The van der Waals surface area contributed by atoms with Gasteiger partial charge in [-0.15, -0.1) is 12.3 Å². The molecule has 10 heteroatoms. The highest BCUT2D eigenvalue weighted by atomic mass is 31.2. The van der Waals surface area contributed by atoms with E-state index >= 15 is 0 Å². The Kier molecular flexibility index (Phi) is 13.0. The summed E-state index contributed by atoms with van der Waals surface area (Å²) in [6, 6.07) is -1.27. The molecular weight excluding hydrogens is 471 g/mol. The highest BCUT2D eigenvalue weighted by Gasteiger charge is 2.43. The molecular formula is C25H43N2O7P. The van der Waals surface area contributed by atoms with Gasteiger partial charge in [0, 0.05) is 32.2 Å². The van der Waals surface area contributed by atoms with Gasteiger partial charge in [0.1, 0.15) is 5.60 Å². The lowest BCUT2D eigenvalue weighted by Gasteiger charge is -2.40. The van der Waals surface area contributed by atoms with E-state index in [-0.39, 0.29) is 25.0 Å². The van der Waals surface area contributed by atoms with Crippen LogP contribution in [0.5, 0.6) is 0 Å². The van der Waals surface area contributed by atoms with Crippen molar-refractivity contribution < 1.29 is 32.7 Å². The lowest BCUT2D eigenvalue weighted by atomic mass is 9.92. The number of nitrogens with one attached hydrogen (secondary N) is 2. The predicted octanol–water partition coefficient (Wildman–Crippen LogP) is 4.91. The van der Waals surface area contributed by atoms with Crippen LogP contribution < -0.4 is 10.6 Å². The second-order valence-electron chi connectivity index (χ2n) is 9.55. The molecule has 0 heterocycles. The zero-order chi connectivity index (χ0) is 26.6. The fourth-order valence-electron chi connectivity index (χ4n) is 3.76. The molecule has 0 aromatic rings. The van der Waals surface area contributed by atoms with Crippen molar-refractivity contribution in [2.24, 2.45) is 0 Å². The van der Waals surface area contributed by atoms with E-state index in [1.54, 1.807) is 26.8 Å². The molecule has 4 atom stereocenters. The van der Waals surface area contributed by atoms with Gasteiger partial charge in [-0.3, -0.25) is 9.36 Å². The first-order chi connectivity index (χ1) is 16.4. The minimum atomic E-state index is -3.68. The highest BCUT2D eigenvalue weighted by molar-refractivity contribution is 7.58. The van der Waals surface area contributed by atoms with Crippen molar-refractivity contribution in [1.29, 1.82) is 0 Å². The van der Waals surface area contributed by atoms with Crippen LogP contribution in [0.15, 0.2) is 11.4 Å². The summed E-state index contributed by atoms with van der Waals surface area (Å²) in [6.07, 6.45) is 9.19. The van der Waals surface area contributed by atoms with Crippen molar-refractivity contribution in [3.05, 3.63) is 11.4 Å². The van der Waals surface area contributed by atoms with Gasteiger partial charge in [-0.05, 0) is 52.5 Å². The summed E-state index contributed by atoms with van der Waals surface area (Å²) in [5.74, 6) is 2.29. The Hall–Kier alpha value is -1.85. The number of terminal acetylenes is 1. The van der Waals surface area contributed by atoms with E-state index in [0.717, 1.165) is 19.3 Å². The van der Waals surface area contributed by atoms with Gasteiger partial charge in [-0.2, -0.15) is 0 Å². The van der Waals surface area contributed by atoms with E-state index in [9.17, 15) is 14.2 Å². The van der Waals surface area contributed by atoms with E-state index in [0.29, 0.717) is 18.2 Å². The van der Waals surface area contributed by atoms with Gasteiger partial charge in [-0.25, -0.2) is 4.79 Å². The Balaban J connectivity index is 3.32. The Labute approximate surface area is 210 Å². The monoisotopic (exact) mass is 514 g/mol. The zero-order valence-electron chi connectivity index (χ0n) is 22.2. The number of hydrogen-bond donors (Lipinski definition) is 2. The van der Waals surface area contributed by atoms with Gasteiger partial charge in [0.25, 0.3) is 0 Å². The van der Waals surface area contributed by atoms with Gasteiger partial charge in [0.15, 0.2) is 0 Å². The predicted molar refractivity (Wildman–Crippen MR) is 136 cm³/mol. The second-order valence-corrected chi connectivity index (χ2v) is 11.7. The standard InChI is InChI=1S/C25H43N2O7P/c1-9-12-13-14-15-32-35(30,31-8)20-16-21(27-24(29)34-25(5,6)7)23(26-18(4)28)22(17-20)33-19(10-2)11-3/h1,17,19,21-23H,10-16H2,2-8H3,(H,26,28)(H,27,29)/t21-,22+,23+,35?/m0/s1. The number of hydrogen-bond acceptors (Lipinski definition) is 7. The van der Waals surface area contributed by atoms with Gasteiger partial charge >= 0.3 is 13.7 Å². The molecule has 200 valence electrons. The number of unbranched alkanes of at least 4 members (excludes halogenated alkanes) is 2. The first-order valence-electron chi connectivity index (χ1n) is 12.3. The lowest BCUT2D eigenvalue weighted by molar-refractivity contribution is -0.121. The van der Waals surface area contributed by atoms with Crippen LogP contribution >= 0.6 is 7.60 Å². The fraction of sp³-hybridized carbons (Fsp3) is 0.760. The minimum Gasteiger partial charge on any atom is -0.444 e. The number of amides is 2. The SMILES string of the molecule is C#CCCCCOP(=O)(OC)C1=C[C@@H](OC(CC)CC)[C@H](NC(C)=O)[C@@H](NC(=O)OC(C)(C)C)C1. The first-order valence-corrected chi connectivity index (χ1v) is 13.8. The van der Waals surface area contributed by atoms with Crippen molar-refractivity contribution in [3.8, 4) is 12.3 Å². The molecule has 0 aliphatic heterocycles. The third kappa shape index (κ3) is 10.7. The Morgan fingerprint density at radius 2 is 1.89 bits per heavy atom. The largest absolute Gasteiger partial charge is 0.444 e. The fourth-order valence-corrected chi connectivity index (χ4v) is 5.38. The number of carbonyl (C=O) groups excluding carboxylic acids is 2. The van der Waals surface area contributed by atoms with Crippen LogP contribution in [0.4, 0.5) is 4.79 Å². The molecule has 0 fully saturated rings. The summed E-state index contributed by atoms with van der Waals surface area (Å²) in [4.78, 5) is 24.7. The molecule has 0 aromatic carbocycles. The molecule has 35 heavy (non-hydrogen) atoms. The zero-order valence-corrected chi connectivity index (χ0v) is 23.1. The molecule has 0 saturated carbocycles. The summed E-state index contributed by atoms with van der Waals surface area (Å²) in [7, 11) is -2.35. The number of alkyl carbamates (subject to hydrolysis) is 1. The number of rotatable bonds is 13. The highest BCUT2D eigenvalue weighted by Crippen LogP contribution is 2.58. The van der Waals surface area contributed by atoms with Crippen LogP contribution in [0.3, 0.4) is 0 Å².